The number of nitrogens with zero attached hydrogens (tertiary/aromatic N) is 4. The average molecular weight is 395 g/mol. The first-order valence-electron chi connectivity index (χ1n) is 9.62. The molecule has 0 radical (unpaired) electrons. The topological polar surface area (TPSA) is 91.2 Å². The third-order valence-corrected chi connectivity index (χ3v) is 4.22. The molecule has 0 aliphatic carbocycles. The minimum atomic E-state index is -0.188. The maximum Gasteiger partial charge on any atom is 0.244 e. The van der Waals surface area contributed by atoms with Crippen LogP contribution in [0.2, 0.25) is 0 Å². The Bertz CT molecular complexity index is 942. The van der Waals surface area contributed by atoms with E-state index in [1.54, 1.807) is 0 Å². The van der Waals surface area contributed by atoms with E-state index in [4.69, 9.17) is 9.47 Å². The second kappa shape index (κ2) is 9.68. The Hall–Kier alpha value is -3.42. The maximum absolute atomic E-state index is 12.3. The fourth-order valence-corrected chi connectivity index (χ4v) is 2.86. The minimum Gasteiger partial charge on any atom is -0.490 e. The van der Waals surface area contributed by atoms with E-state index in [-0.39, 0.29) is 18.5 Å². The van der Waals surface area contributed by atoms with Gasteiger partial charge in [0.15, 0.2) is 11.5 Å². The molecule has 29 heavy (non-hydrogen) atoms. The van der Waals surface area contributed by atoms with Crippen molar-refractivity contribution in [2.75, 3.05) is 13.2 Å². The zero-order valence-electron chi connectivity index (χ0n) is 16.8. The highest BCUT2D eigenvalue weighted by atomic mass is 16.5. The fraction of sp³-hybridized carbons (Fsp3) is 0.333. The van der Waals surface area contributed by atoms with Crippen LogP contribution >= 0.6 is 0 Å². The number of rotatable bonds is 9. The summed E-state index contributed by atoms with van der Waals surface area (Å²) in [5, 5.41) is 15.3. The van der Waals surface area contributed by atoms with Gasteiger partial charge < -0.3 is 14.8 Å². The predicted molar refractivity (Wildman–Crippen MR) is 109 cm³/mol. The summed E-state index contributed by atoms with van der Waals surface area (Å²) in [6.07, 6.45) is 0. The number of nitrogens with one attached hydrogen (secondary N) is 1. The van der Waals surface area contributed by atoms with Crippen LogP contribution in [0.5, 0.6) is 11.5 Å². The van der Waals surface area contributed by atoms with Crippen LogP contribution < -0.4 is 14.8 Å². The Morgan fingerprint density at radius 1 is 1.07 bits per heavy atom. The van der Waals surface area contributed by atoms with E-state index in [0.29, 0.717) is 30.5 Å². The van der Waals surface area contributed by atoms with E-state index in [2.05, 4.69) is 20.7 Å². The summed E-state index contributed by atoms with van der Waals surface area (Å²) in [4.78, 5) is 13.6. The van der Waals surface area contributed by atoms with E-state index in [9.17, 15) is 4.79 Å². The van der Waals surface area contributed by atoms with Crippen LogP contribution in [-0.2, 0) is 11.3 Å². The minimum absolute atomic E-state index is 0.0144. The summed E-state index contributed by atoms with van der Waals surface area (Å²) in [6.45, 7) is 6.81. The Labute approximate surface area is 169 Å². The fourth-order valence-electron chi connectivity index (χ4n) is 2.86. The third kappa shape index (κ3) is 5.31. The number of benzene rings is 2. The van der Waals surface area contributed by atoms with Gasteiger partial charge in [0.1, 0.15) is 6.54 Å². The van der Waals surface area contributed by atoms with Crippen LogP contribution in [-0.4, -0.2) is 39.3 Å². The Kier molecular flexibility index (Phi) is 6.78. The van der Waals surface area contributed by atoms with Gasteiger partial charge in [0.05, 0.1) is 19.3 Å². The monoisotopic (exact) mass is 395 g/mol. The Balaban J connectivity index is 1.67. The van der Waals surface area contributed by atoms with Crippen molar-refractivity contribution in [1.82, 2.24) is 25.5 Å². The van der Waals surface area contributed by atoms with Crippen molar-refractivity contribution in [3.05, 3.63) is 54.1 Å². The van der Waals surface area contributed by atoms with E-state index in [0.717, 1.165) is 11.1 Å². The normalized spacial score (nSPS) is 11.7. The molecule has 1 N–H and O–H groups in total. The molecule has 0 saturated heterocycles. The first-order valence-corrected chi connectivity index (χ1v) is 9.62. The predicted octanol–water partition coefficient (Wildman–Crippen LogP) is 3.01. The number of carbonyl (C=O) groups is 1. The lowest BCUT2D eigenvalue weighted by Gasteiger charge is -2.13. The summed E-state index contributed by atoms with van der Waals surface area (Å²) in [5.41, 5.74) is 1.77. The molecule has 1 heterocycles. The number of amides is 1. The molecule has 8 heteroatoms. The van der Waals surface area contributed by atoms with Gasteiger partial charge in [-0.1, -0.05) is 30.3 Å². The Morgan fingerprint density at radius 2 is 1.79 bits per heavy atom. The number of ether oxygens (including phenoxy) is 2. The number of carbonyl (C=O) groups excluding carboxylic acids is 1. The van der Waals surface area contributed by atoms with Gasteiger partial charge in [-0.3, -0.25) is 4.79 Å². The van der Waals surface area contributed by atoms with Gasteiger partial charge in [-0.2, -0.15) is 4.80 Å². The van der Waals surface area contributed by atoms with Crippen molar-refractivity contribution in [2.24, 2.45) is 0 Å². The molecule has 2 aromatic carbocycles. The van der Waals surface area contributed by atoms with E-state index in [1.165, 1.54) is 4.80 Å². The van der Waals surface area contributed by atoms with Gasteiger partial charge in [-0.15, -0.1) is 10.2 Å². The lowest BCUT2D eigenvalue weighted by Crippen LogP contribution is -2.30. The van der Waals surface area contributed by atoms with Crippen molar-refractivity contribution in [2.45, 2.75) is 33.4 Å². The number of tetrazole rings is 1. The molecule has 8 nitrogen and oxygen atoms in total. The molecule has 0 bridgehead atoms. The molecule has 0 aliphatic heterocycles. The highest BCUT2D eigenvalue weighted by Gasteiger charge is 2.14. The Morgan fingerprint density at radius 3 is 2.52 bits per heavy atom. The highest BCUT2D eigenvalue weighted by molar-refractivity contribution is 5.76. The lowest BCUT2D eigenvalue weighted by molar-refractivity contribution is -0.122. The first kappa shape index (κ1) is 20.3. The number of hydrogen-bond acceptors (Lipinski definition) is 6. The average Bonchev–Trinajstić information content (AvgIpc) is 3.18. The smallest absolute Gasteiger partial charge is 0.244 e. The standard InChI is InChI=1S/C21H25N5O3/c1-4-28-18-12-11-17(13-19(18)29-5-2)21-23-25-26(24-21)14-20(27)22-15(3)16-9-7-6-8-10-16/h6-13,15H,4-5,14H2,1-3H3,(H,22,27). The molecule has 0 spiro atoms. The van der Waals surface area contributed by atoms with Gasteiger partial charge in [-0.05, 0) is 49.7 Å². The highest BCUT2D eigenvalue weighted by Crippen LogP contribution is 2.31. The molecular formula is C21H25N5O3. The van der Waals surface area contributed by atoms with Crippen LogP contribution in [0.1, 0.15) is 32.4 Å². The number of hydrogen-bond donors (Lipinski definition) is 1. The van der Waals surface area contributed by atoms with Crippen molar-refractivity contribution >= 4 is 5.91 Å². The van der Waals surface area contributed by atoms with E-state index in [1.807, 2.05) is 69.3 Å². The summed E-state index contributed by atoms with van der Waals surface area (Å²) in [7, 11) is 0. The molecular weight excluding hydrogens is 370 g/mol. The first-order chi connectivity index (χ1) is 14.1. The third-order valence-electron chi connectivity index (χ3n) is 4.22. The summed E-state index contributed by atoms with van der Waals surface area (Å²) >= 11 is 0. The van der Waals surface area contributed by atoms with Crippen molar-refractivity contribution in [3.63, 3.8) is 0 Å². The molecule has 3 rings (SSSR count). The quantitative estimate of drug-likeness (QED) is 0.599. The molecule has 1 atom stereocenters. The van der Waals surface area contributed by atoms with Gasteiger partial charge >= 0.3 is 0 Å². The van der Waals surface area contributed by atoms with E-state index >= 15 is 0 Å². The molecule has 0 aliphatic rings. The molecule has 1 amide bonds. The molecule has 1 unspecified atom stereocenters. The van der Waals surface area contributed by atoms with Crippen LogP contribution in [0.25, 0.3) is 11.4 Å². The summed E-state index contributed by atoms with van der Waals surface area (Å²) in [6, 6.07) is 15.1. The second-order valence-electron chi connectivity index (χ2n) is 6.37. The van der Waals surface area contributed by atoms with Crippen LogP contribution in [0, 0.1) is 0 Å². The maximum atomic E-state index is 12.3. The largest absolute Gasteiger partial charge is 0.490 e. The van der Waals surface area contributed by atoms with Crippen LogP contribution in [0.3, 0.4) is 0 Å². The second-order valence-corrected chi connectivity index (χ2v) is 6.37. The zero-order valence-corrected chi connectivity index (χ0v) is 16.8. The van der Waals surface area contributed by atoms with Crippen LogP contribution in [0.4, 0.5) is 0 Å². The van der Waals surface area contributed by atoms with Crippen molar-refractivity contribution in [3.8, 4) is 22.9 Å². The lowest BCUT2D eigenvalue weighted by atomic mass is 10.1. The van der Waals surface area contributed by atoms with Gasteiger partial charge in [0.25, 0.3) is 0 Å². The summed E-state index contributed by atoms with van der Waals surface area (Å²) < 4.78 is 11.2. The molecule has 1 aromatic heterocycles. The van der Waals surface area contributed by atoms with Crippen molar-refractivity contribution in [1.29, 1.82) is 0 Å². The SMILES string of the molecule is CCOc1ccc(-c2nnn(CC(=O)NC(C)c3ccccc3)n2)cc1OCC. The molecule has 3 aromatic rings. The molecule has 152 valence electrons. The van der Waals surface area contributed by atoms with Crippen molar-refractivity contribution < 1.29 is 14.3 Å². The van der Waals surface area contributed by atoms with E-state index < -0.39 is 0 Å². The molecule has 0 fully saturated rings. The van der Waals surface area contributed by atoms with Gasteiger partial charge in [-0.25, -0.2) is 0 Å². The number of aromatic nitrogens is 4. The summed E-state index contributed by atoms with van der Waals surface area (Å²) in [5.74, 6) is 1.52. The zero-order chi connectivity index (χ0) is 20.6. The van der Waals surface area contributed by atoms with Gasteiger partial charge in [0, 0.05) is 5.56 Å². The van der Waals surface area contributed by atoms with Crippen LogP contribution in [0.15, 0.2) is 48.5 Å². The molecule has 0 saturated carbocycles. The van der Waals surface area contributed by atoms with Gasteiger partial charge in [0.2, 0.25) is 11.7 Å².